The summed E-state index contributed by atoms with van der Waals surface area (Å²) in [6.45, 7) is 0. The third-order valence-electron chi connectivity index (χ3n) is 4.79. The second-order valence-corrected chi connectivity index (χ2v) is 10.5. The van der Waals surface area contributed by atoms with Crippen molar-refractivity contribution in [2.45, 2.75) is 11.5 Å². The summed E-state index contributed by atoms with van der Waals surface area (Å²) in [6.07, 6.45) is 2.15. The monoisotopic (exact) mass is 415 g/mol. The molecule has 29 heavy (non-hydrogen) atoms. The van der Waals surface area contributed by atoms with Gasteiger partial charge in [0, 0.05) is 0 Å². The molecule has 3 aromatic carbocycles. The number of hydrogen-bond donors (Lipinski definition) is 0. The number of nitriles is 1. The maximum absolute atomic E-state index is 9.20. The summed E-state index contributed by atoms with van der Waals surface area (Å²) in [6, 6.07) is 33.8. The van der Waals surface area contributed by atoms with Gasteiger partial charge in [-0.1, -0.05) is 66.4 Å². The highest BCUT2D eigenvalue weighted by Gasteiger charge is 2.52. The highest BCUT2D eigenvalue weighted by molar-refractivity contribution is 8.04. The van der Waals surface area contributed by atoms with E-state index in [0.717, 1.165) is 10.5 Å². The zero-order chi connectivity index (χ0) is 20.1. The first-order valence-corrected chi connectivity index (χ1v) is 12.3. The molecule has 1 heterocycles. The number of rotatable bonds is 6. The average molecular weight is 415 g/mol. The van der Waals surface area contributed by atoms with Crippen molar-refractivity contribution < 1.29 is 4.42 Å². The standard InChI is InChI=1S/C24H20N2OPS/c1-29-24-23(26-22(27-24)17-18-25)28(19-11-5-2-6-12-19,20-13-7-3-8-14-20)21-15-9-4-10-16-21/h2-16H,17H2,1H3/q+1. The largest absolute Gasteiger partial charge is 0.429 e. The fourth-order valence-electron chi connectivity index (χ4n) is 3.60. The van der Waals surface area contributed by atoms with Crippen LogP contribution in [0, 0.1) is 11.3 Å². The molecular weight excluding hydrogens is 395 g/mol. The van der Waals surface area contributed by atoms with E-state index in [-0.39, 0.29) is 6.42 Å². The van der Waals surface area contributed by atoms with E-state index in [2.05, 4.69) is 78.9 Å². The van der Waals surface area contributed by atoms with Crippen molar-refractivity contribution in [1.29, 1.82) is 5.26 Å². The molecule has 3 nitrogen and oxygen atoms in total. The molecule has 1 aromatic heterocycles. The summed E-state index contributed by atoms with van der Waals surface area (Å²) < 4.78 is 6.03. The number of oxazole rings is 1. The van der Waals surface area contributed by atoms with Crippen LogP contribution in [0.25, 0.3) is 0 Å². The molecule has 0 atom stereocenters. The summed E-state index contributed by atoms with van der Waals surface area (Å²) in [4.78, 5) is 4.91. The number of benzene rings is 3. The maximum Gasteiger partial charge on any atom is 0.250 e. The predicted octanol–water partition coefficient (Wildman–Crippen LogP) is 4.08. The summed E-state index contributed by atoms with van der Waals surface area (Å²) >= 11 is 1.54. The van der Waals surface area contributed by atoms with Gasteiger partial charge in [-0.3, -0.25) is 0 Å². The first-order valence-electron chi connectivity index (χ1n) is 9.28. The number of thioether (sulfide) groups is 1. The van der Waals surface area contributed by atoms with Gasteiger partial charge >= 0.3 is 0 Å². The highest BCUT2D eigenvalue weighted by atomic mass is 32.2. The molecule has 0 saturated heterocycles. The van der Waals surface area contributed by atoms with Crippen LogP contribution in [0.1, 0.15) is 5.89 Å². The van der Waals surface area contributed by atoms with Crippen LogP contribution in [-0.2, 0) is 6.42 Å². The van der Waals surface area contributed by atoms with E-state index in [1.165, 1.54) is 15.9 Å². The lowest BCUT2D eigenvalue weighted by molar-refractivity contribution is 0.436. The Hall–Kier alpha value is -2.86. The Bertz CT molecular complexity index is 1030. The lowest BCUT2D eigenvalue weighted by Crippen LogP contribution is -2.40. The minimum absolute atomic E-state index is 0.159. The van der Waals surface area contributed by atoms with Crippen LogP contribution < -0.4 is 21.3 Å². The van der Waals surface area contributed by atoms with Crippen LogP contribution in [-0.4, -0.2) is 11.2 Å². The zero-order valence-electron chi connectivity index (χ0n) is 16.0. The molecule has 142 valence electrons. The van der Waals surface area contributed by atoms with E-state index in [4.69, 9.17) is 9.40 Å². The van der Waals surface area contributed by atoms with Crippen LogP contribution in [0.15, 0.2) is 101 Å². The van der Waals surface area contributed by atoms with Gasteiger partial charge in [0.25, 0.3) is 5.44 Å². The molecule has 0 N–H and O–H groups in total. The smallest absolute Gasteiger partial charge is 0.250 e. The van der Waals surface area contributed by atoms with Crippen LogP contribution in [0.2, 0.25) is 0 Å². The third-order valence-corrected chi connectivity index (χ3v) is 9.74. The van der Waals surface area contributed by atoms with Crippen molar-refractivity contribution in [3.8, 4) is 6.07 Å². The van der Waals surface area contributed by atoms with Gasteiger partial charge < -0.3 is 4.42 Å². The quantitative estimate of drug-likeness (QED) is 0.352. The summed E-state index contributed by atoms with van der Waals surface area (Å²) in [5.74, 6) is 0.471. The van der Waals surface area contributed by atoms with Crippen molar-refractivity contribution >= 4 is 40.4 Å². The van der Waals surface area contributed by atoms with E-state index in [1.54, 1.807) is 11.8 Å². The van der Waals surface area contributed by atoms with Crippen LogP contribution in [0.5, 0.6) is 0 Å². The Morgan fingerprint density at radius 2 is 1.28 bits per heavy atom. The second-order valence-electron chi connectivity index (χ2n) is 6.44. The first-order chi connectivity index (χ1) is 14.3. The lowest BCUT2D eigenvalue weighted by atomic mass is 10.4. The molecule has 0 aliphatic heterocycles. The molecule has 0 unspecified atom stereocenters. The van der Waals surface area contributed by atoms with Crippen molar-refractivity contribution in [2.24, 2.45) is 0 Å². The Balaban J connectivity index is 2.14. The molecule has 0 aliphatic rings. The van der Waals surface area contributed by atoms with E-state index < -0.39 is 7.26 Å². The van der Waals surface area contributed by atoms with Crippen molar-refractivity contribution in [1.82, 2.24) is 4.98 Å². The minimum atomic E-state index is -2.30. The fourth-order valence-corrected chi connectivity index (χ4v) is 8.76. The van der Waals surface area contributed by atoms with Crippen molar-refractivity contribution in [3.05, 3.63) is 96.9 Å². The second kappa shape index (κ2) is 8.66. The number of nitrogens with zero attached hydrogens (tertiary/aromatic N) is 2. The molecule has 0 saturated carbocycles. The average Bonchev–Trinajstić information content (AvgIpc) is 3.20. The molecule has 0 radical (unpaired) electrons. The summed E-state index contributed by atoms with van der Waals surface area (Å²) in [5, 5.41) is 13.6. The number of hydrogen-bond acceptors (Lipinski definition) is 4. The Morgan fingerprint density at radius 3 is 1.66 bits per heavy atom. The molecule has 0 amide bonds. The Morgan fingerprint density at radius 1 is 0.828 bits per heavy atom. The van der Waals surface area contributed by atoms with Crippen LogP contribution in [0.3, 0.4) is 0 Å². The lowest BCUT2D eigenvalue weighted by Gasteiger charge is -2.25. The summed E-state index contributed by atoms with van der Waals surface area (Å²) in [5.41, 5.74) is 0.929. The van der Waals surface area contributed by atoms with E-state index in [9.17, 15) is 5.26 Å². The van der Waals surface area contributed by atoms with Gasteiger partial charge in [-0.2, -0.15) is 10.2 Å². The molecule has 0 fully saturated rings. The zero-order valence-corrected chi connectivity index (χ0v) is 17.7. The van der Waals surface area contributed by atoms with Gasteiger partial charge in [-0.15, -0.1) is 0 Å². The number of aromatic nitrogens is 1. The minimum Gasteiger partial charge on any atom is -0.429 e. The molecular formula is C24H20N2OPS+. The fraction of sp³-hybridized carbons (Fsp3) is 0.0833. The summed E-state index contributed by atoms with van der Waals surface area (Å²) in [7, 11) is -2.30. The SMILES string of the molecule is CSc1oc(CC#N)nc1[P+](c1ccccc1)(c1ccccc1)c1ccccc1. The topological polar surface area (TPSA) is 49.8 Å². The normalized spacial score (nSPS) is 11.2. The molecule has 4 aromatic rings. The Labute approximate surface area is 175 Å². The van der Waals surface area contributed by atoms with Crippen LogP contribution in [0.4, 0.5) is 0 Å². The van der Waals surface area contributed by atoms with E-state index in [0.29, 0.717) is 5.89 Å². The molecule has 5 heteroatoms. The third kappa shape index (κ3) is 3.49. The van der Waals surface area contributed by atoms with Gasteiger partial charge in [0.2, 0.25) is 11.0 Å². The van der Waals surface area contributed by atoms with E-state index in [1.807, 2.05) is 24.5 Å². The van der Waals surface area contributed by atoms with Crippen molar-refractivity contribution in [2.75, 3.05) is 6.26 Å². The highest BCUT2D eigenvalue weighted by Crippen LogP contribution is 2.55. The van der Waals surface area contributed by atoms with E-state index >= 15 is 0 Å². The molecule has 0 aliphatic carbocycles. The van der Waals surface area contributed by atoms with Gasteiger partial charge in [0.15, 0.2) is 7.26 Å². The molecule has 0 bridgehead atoms. The predicted molar refractivity (Wildman–Crippen MR) is 122 cm³/mol. The van der Waals surface area contributed by atoms with Gasteiger partial charge in [-0.05, 0) is 42.7 Å². The molecule has 4 rings (SSSR count). The van der Waals surface area contributed by atoms with Gasteiger partial charge in [-0.25, -0.2) is 0 Å². The maximum atomic E-state index is 9.20. The first kappa shape index (κ1) is 19.5. The molecule has 0 spiro atoms. The van der Waals surface area contributed by atoms with Crippen molar-refractivity contribution in [3.63, 3.8) is 0 Å². The van der Waals surface area contributed by atoms with Gasteiger partial charge in [0.05, 0.1) is 6.07 Å². The van der Waals surface area contributed by atoms with Gasteiger partial charge in [0.1, 0.15) is 22.3 Å². The Kier molecular flexibility index (Phi) is 5.81. The van der Waals surface area contributed by atoms with Crippen LogP contribution >= 0.6 is 19.0 Å².